The molecule has 0 saturated carbocycles. The van der Waals surface area contributed by atoms with Crippen LogP contribution in [0.3, 0.4) is 0 Å². The zero-order valence-corrected chi connectivity index (χ0v) is 17.5. The van der Waals surface area contributed by atoms with Gasteiger partial charge in [0.05, 0.1) is 6.61 Å². The summed E-state index contributed by atoms with van der Waals surface area (Å²) in [7, 11) is 0. The number of rotatable bonds is 4. The van der Waals surface area contributed by atoms with Crippen molar-refractivity contribution in [3.63, 3.8) is 0 Å². The first-order chi connectivity index (χ1) is 14.8. The molecule has 2 aliphatic heterocycles. The monoisotopic (exact) mass is 445 g/mol. The number of fused-ring (bicyclic) bond motifs is 2. The van der Waals surface area contributed by atoms with Gasteiger partial charge in [0.25, 0.3) is 0 Å². The largest absolute Gasteiger partial charge is 0.493 e. The van der Waals surface area contributed by atoms with Gasteiger partial charge in [-0.2, -0.15) is 5.10 Å². The molecule has 31 heavy (non-hydrogen) atoms. The van der Waals surface area contributed by atoms with Gasteiger partial charge in [-0.25, -0.2) is 13.8 Å². The van der Waals surface area contributed by atoms with Crippen LogP contribution in [0, 0.1) is 23.0 Å². The topological polar surface area (TPSA) is 104 Å². The van der Waals surface area contributed by atoms with Crippen molar-refractivity contribution in [3.05, 3.63) is 65.2 Å². The SMILES string of the molecule is CC(=O)N1N=C(c2cc(F)ccc2F)S[C@@]12c1ccccc1OC[C@H]2CCNC(=N)N. The van der Waals surface area contributed by atoms with Gasteiger partial charge in [-0.1, -0.05) is 30.0 Å². The Balaban J connectivity index is 1.82. The maximum absolute atomic E-state index is 14.6. The molecular weight excluding hydrogens is 424 g/mol. The summed E-state index contributed by atoms with van der Waals surface area (Å²) in [5.74, 6) is -1.37. The van der Waals surface area contributed by atoms with Crippen molar-refractivity contribution in [3.8, 4) is 5.75 Å². The van der Waals surface area contributed by atoms with Crippen molar-refractivity contribution in [1.82, 2.24) is 10.3 Å². The molecule has 4 N–H and O–H groups in total. The van der Waals surface area contributed by atoms with Crippen molar-refractivity contribution >= 4 is 28.7 Å². The minimum Gasteiger partial charge on any atom is -0.493 e. The molecule has 0 aromatic heterocycles. The predicted octanol–water partition coefficient (Wildman–Crippen LogP) is 2.96. The number of para-hydroxylation sites is 1. The minimum absolute atomic E-state index is 0.00212. The zero-order valence-electron chi connectivity index (χ0n) is 16.7. The van der Waals surface area contributed by atoms with Crippen molar-refractivity contribution in [2.45, 2.75) is 18.2 Å². The first-order valence-electron chi connectivity index (χ1n) is 9.67. The van der Waals surface area contributed by atoms with E-state index < -0.39 is 16.5 Å². The lowest BCUT2D eigenvalue weighted by Gasteiger charge is -2.45. The summed E-state index contributed by atoms with van der Waals surface area (Å²) in [5, 5.41) is 16.2. The minimum atomic E-state index is -1.01. The summed E-state index contributed by atoms with van der Waals surface area (Å²) < 4.78 is 34.4. The van der Waals surface area contributed by atoms with Crippen molar-refractivity contribution in [2.75, 3.05) is 13.2 Å². The number of nitrogens with two attached hydrogens (primary N) is 1. The van der Waals surface area contributed by atoms with Crippen molar-refractivity contribution < 1.29 is 18.3 Å². The molecule has 0 radical (unpaired) electrons. The van der Waals surface area contributed by atoms with Crippen LogP contribution in [0.15, 0.2) is 47.6 Å². The number of hydrogen-bond acceptors (Lipinski definition) is 5. The van der Waals surface area contributed by atoms with Crippen LogP contribution < -0.4 is 15.8 Å². The average molecular weight is 445 g/mol. The van der Waals surface area contributed by atoms with E-state index in [1.165, 1.54) is 23.7 Å². The summed E-state index contributed by atoms with van der Waals surface area (Å²) in [5.41, 5.74) is 6.13. The van der Waals surface area contributed by atoms with E-state index >= 15 is 0 Å². The number of amides is 1. The number of guanidine groups is 1. The molecule has 0 saturated heterocycles. The van der Waals surface area contributed by atoms with Gasteiger partial charge in [0.15, 0.2) is 10.8 Å². The molecule has 4 rings (SSSR count). The van der Waals surface area contributed by atoms with E-state index in [0.717, 1.165) is 23.8 Å². The molecule has 0 aliphatic carbocycles. The quantitative estimate of drug-likeness (QED) is 0.496. The van der Waals surface area contributed by atoms with E-state index in [0.29, 0.717) is 18.7 Å². The highest BCUT2D eigenvalue weighted by molar-refractivity contribution is 8.15. The third-order valence-electron chi connectivity index (χ3n) is 5.29. The second kappa shape index (κ2) is 8.18. The van der Waals surface area contributed by atoms with Crippen LogP contribution in [0.4, 0.5) is 8.78 Å². The molecule has 10 heteroatoms. The van der Waals surface area contributed by atoms with Crippen LogP contribution in [-0.2, 0) is 9.67 Å². The first kappa shape index (κ1) is 21.1. The van der Waals surface area contributed by atoms with E-state index in [9.17, 15) is 13.6 Å². The zero-order chi connectivity index (χ0) is 22.2. The molecule has 1 spiro atoms. The number of nitrogens with zero attached hydrogens (tertiary/aromatic N) is 2. The van der Waals surface area contributed by atoms with Crippen LogP contribution in [0.5, 0.6) is 5.75 Å². The van der Waals surface area contributed by atoms with Crippen molar-refractivity contribution in [2.24, 2.45) is 16.8 Å². The second-order valence-electron chi connectivity index (χ2n) is 7.29. The fourth-order valence-corrected chi connectivity index (χ4v) is 5.52. The van der Waals surface area contributed by atoms with Gasteiger partial charge in [0, 0.05) is 30.5 Å². The summed E-state index contributed by atoms with van der Waals surface area (Å²) in [4.78, 5) is 11.7. The number of thioether (sulfide) groups is 1. The molecular formula is C21H21F2N5O2S. The highest BCUT2D eigenvalue weighted by Crippen LogP contribution is 2.57. The smallest absolute Gasteiger partial charge is 0.241 e. The van der Waals surface area contributed by atoms with Crippen molar-refractivity contribution in [1.29, 1.82) is 5.41 Å². The van der Waals surface area contributed by atoms with Gasteiger partial charge in [0.2, 0.25) is 5.91 Å². The van der Waals surface area contributed by atoms with Gasteiger partial charge in [-0.05, 0) is 30.7 Å². The summed E-state index contributed by atoms with van der Waals surface area (Å²) >= 11 is 1.21. The predicted molar refractivity (Wildman–Crippen MR) is 115 cm³/mol. The first-order valence-corrected chi connectivity index (χ1v) is 10.5. The average Bonchev–Trinajstić information content (AvgIpc) is 3.13. The normalized spacial score (nSPS) is 22.0. The summed E-state index contributed by atoms with van der Waals surface area (Å²) in [6, 6.07) is 10.5. The third kappa shape index (κ3) is 3.71. The molecule has 7 nitrogen and oxygen atoms in total. The van der Waals surface area contributed by atoms with E-state index in [1.54, 1.807) is 6.07 Å². The number of carbonyl (C=O) groups is 1. The van der Waals surface area contributed by atoms with E-state index in [1.807, 2.05) is 18.2 Å². The fraction of sp³-hybridized carbons (Fsp3) is 0.286. The highest BCUT2D eigenvalue weighted by Gasteiger charge is 2.56. The molecule has 2 aliphatic rings. The Kier molecular flexibility index (Phi) is 5.57. The molecule has 0 fully saturated rings. The van der Waals surface area contributed by atoms with E-state index in [4.69, 9.17) is 15.9 Å². The fourth-order valence-electron chi connectivity index (χ4n) is 3.95. The Morgan fingerprint density at radius 3 is 2.90 bits per heavy atom. The molecule has 1 amide bonds. The van der Waals surface area contributed by atoms with Crippen LogP contribution in [0.2, 0.25) is 0 Å². The molecule has 2 heterocycles. The lowest BCUT2D eigenvalue weighted by atomic mass is 9.86. The van der Waals surface area contributed by atoms with Gasteiger partial charge >= 0.3 is 0 Å². The summed E-state index contributed by atoms with van der Waals surface area (Å²) in [6.45, 7) is 2.05. The van der Waals surface area contributed by atoms with Crippen LogP contribution >= 0.6 is 11.8 Å². The Bertz CT molecular complexity index is 1080. The Hall–Kier alpha value is -3.14. The van der Waals surface area contributed by atoms with Gasteiger partial charge in [-0.3, -0.25) is 10.2 Å². The van der Waals surface area contributed by atoms with Gasteiger partial charge in [-0.15, -0.1) is 0 Å². The number of nitrogens with one attached hydrogen (secondary N) is 2. The lowest BCUT2D eigenvalue weighted by Crippen LogP contribution is -2.51. The van der Waals surface area contributed by atoms with Crippen LogP contribution in [0.1, 0.15) is 24.5 Å². The number of carbonyl (C=O) groups excluding carboxylic acids is 1. The number of benzene rings is 2. The maximum atomic E-state index is 14.6. The molecule has 0 bridgehead atoms. The second-order valence-corrected chi connectivity index (χ2v) is 8.51. The van der Waals surface area contributed by atoms with E-state index in [-0.39, 0.29) is 35.0 Å². The third-order valence-corrected chi connectivity index (χ3v) is 6.82. The Labute approximate surface area is 182 Å². The standard InChI is InChI=1S/C21H21F2N5O2S/c1-12(29)28-21(31-19(27-28)15-10-14(22)6-7-17(15)23)13(8-9-26-20(24)25)11-30-18-5-3-2-4-16(18)21/h2-7,10,13H,8-9,11H2,1H3,(H4,24,25,26)/t13-,21+/m1/s1. The lowest BCUT2D eigenvalue weighted by molar-refractivity contribution is -0.134. The van der Waals surface area contributed by atoms with Crippen LogP contribution in [0.25, 0.3) is 0 Å². The van der Waals surface area contributed by atoms with E-state index in [2.05, 4.69) is 10.4 Å². The summed E-state index contributed by atoms with van der Waals surface area (Å²) in [6.07, 6.45) is 0.499. The molecule has 2 aromatic rings. The molecule has 2 aromatic carbocycles. The highest BCUT2D eigenvalue weighted by atomic mass is 32.2. The number of hydrogen-bond donors (Lipinski definition) is 3. The van der Waals surface area contributed by atoms with Crippen LogP contribution in [-0.4, -0.2) is 35.1 Å². The molecule has 162 valence electrons. The molecule has 0 unspecified atom stereocenters. The number of ether oxygens (including phenoxy) is 1. The number of halogens is 2. The maximum Gasteiger partial charge on any atom is 0.241 e. The Morgan fingerprint density at radius 1 is 1.39 bits per heavy atom. The number of hydrazone groups is 1. The molecule has 2 atom stereocenters. The van der Waals surface area contributed by atoms with Gasteiger partial charge < -0.3 is 15.8 Å². The van der Waals surface area contributed by atoms with Gasteiger partial charge in [0.1, 0.15) is 22.4 Å². The Morgan fingerprint density at radius 2 is 2.16 bits per heavy atom.